The summed E-state index contributed by atoms with van der Waals surface area (Å²) in [5, 5.41) is 0. The summed E-state index contributed by atoms with van der Waals surface area (Å²) < 4.78 is 11.3. The molecule has 0 saturated carbocycles. The van der Waals surface area contributed by atoms with E-state index in [0.29, 0.717) is 11.3 Å². The van der Waals surface area contributed by atoms with Crippen molar-refractivity contribution in [3.63, 3.8) is 0 Å². The van der Waals surface area contributed by atoms with Gasteiger partial charge >= 0.3 is 0 Å². The number of hydrogen-bond donors (Lipinski definition) is 2. The van der Waals surface area contributed by atoms with Crippen molar-refractivity contribution in [2.45, 2.75) is 19.5 Å². The number of nitrogens with zero attached hydrogens (tertiary/aromatic N) is 1. The lowest BCUT2D eigenvalue weighted by Gasteiger charge is -2.28. The summed E-state index contributed by atoms with van der Waals surface area (Å²) in [7, 11) is 0. The minimum Gasteiger partial charge on any atom is -0.454 e. The standard InChI is InChI=1S/C15H15N3O3S/c19-14-10-7-18(5-4-11(10)16-15(22)17-14)6-9-2-1-3-12-13(9)21-8-20-12/h1-3H,4-8H2,(H2,16,17,19,22). The molecule has 0 spiro atoms. The molecule has 2 aromatic rings. The molecule has 22 heavy (non-hydrogen) atoms. The smallest absolute Gasteiger partial charge is 0.256 e. The Hall–Kier alpha value is -2.12. The topological polar surface area (TPSA) is 70.4 Å². The molecule has 2 aliphatic rings. The minimum atomic E-state index is -0.0960. The molecule has 0 atom stereocenters. The second-order valence-corrected chi connectivity index (χ2v) is 5.89. The highest BCUT2D eigenvalue weighted by molar-refractivity contribution is 7.71. The highest BCUT2D eigenvalue weighted by Crippen LogP contribution is 2.36. The van der Waals surface area contributed by atoms with Crippen molar-refractivity contribution < 1.29 is 9.47 Å². The Kier molecular flexibility index (Phi) is 3.24. The quantitative estimate of drug-likeness (QED) is 0.825. The predicted octanol–water partition coefficient (Wildman–Crippen LogP) is 1.72. The normalized spacial score (nSPS) is 16.5. The fourth-order valence-corrected chi connectivity index (χ4v) is 3.22. The Morgan fingerprint density at radius 3 is 3.09 bits per heavy atom. The van der Waals surface area contributed by atoms with E-state index in [1.165, 1.54) is 0 Å². The van der Waals surface area contributed by atoms with E-state index >= 15 is 0 Å². The largest absolute Gasteiger partial charge is 0.454 e. The number of aromatic amines is 2. The maximum atomic E-state index is 12.1. The van der Waals surface area contributed by atoms with Crippen molar-refractivity contribution in [2.24, 2.45) is 0 Å². The second kappa shape index (κ2) is 5.26. The maximum absolute atomic E-state index is 12.1. The molecule has 0 saturated heterocycles. The molecule has 4 rings (SSSR count). The fourth-order valence-electron chi connectivity index (χ4n) is 3.00. The Bertz CT molecular complexity index is 843. The van der Waals surface area contributed by atoms with Crippen LogP contribution < -0.4 is 15.0 Å². The third kappa shape index (κ3) is 2.32. The Labute approximate surface area is 131 Å². The maximum Gasteiger partial charge on any atom is 0.256 e. The zero-order valence-corrected chi connectivity index (χ0v) is 12.7. The molecule has 1 aromatic carbocycles. The summed E-state index contributed by atoms with van der Waals surface area (Å²) in [5.74, 6) is 1.60. The summed E-state index contributed by atoms with van der Waals surface area (Å²) in [4.78, 5) is 20.0. The molecule has 0 radical (unpaired) electrons. The van der Waals surface area contributed by atoms with Crippen LogP contribution in [0.1, 0.15) is 16.8 Å². The van der Waals surface area contributed by atoms with Gasteiger partial charge in [0.25, 0.3) is 5.56 Å². The van der Waals surface area contributed by atoms with Gasteiger partial charge in [0.05, 0.1) is 5.56 Å². The average Bonchev–Trinajstić information content (AvgIpc) is 2.97. The number of nitrogens with one attached hydrogen (secondary N) is 2. The first-order chi connectivity index (χ1) is 10.7. The van der Waals surface area contributed by atoms with Crippen LogP contribution in [-0.4, -0.2) is 28.2 Å². The third-order valence-electron chi connectivity index (χ3n) is 4.06. The Morgan fingerprint density at radius 2 is 2.18 bits per heavy atom. The predicted molar refractivity (Wildman–Crippen MR) is 82.6 cm³/mol. The second-order valence-electron chi connectivity index (χ2n) is 5.48. The lowest BCUT2D eigenvalue weighted by atomic mass is 10.1. The number of benzene rings is 1. The van der Waals surface area contributed by atoms with Crippen molar-refractivity contribution in [3.05, 3.63) is 50.1 Å². The van der Waals surface area contributed by atoms with E-state index in [9.17, 15) is 4.79 Å². The van der Waals surface area contributed by atoms with Gasteiger partial charge in [0.1, 0.15) is 0 Å². The molecule has 0 bridgehead atoms. The van der Waals surface area contributed by atoms with Gasteiger partial charge in [-0.05, 0) is 18.3 Å². The number of aromatic nitrogens is 2. The van der Waals surface area contributed by atoms with E-state index in [0.717, 1.165) is 47.8 Å². The van der Waals surface area contributed by atoms with E-state index in [1.807, 2.05) is 18.2 Å². The molecule has 0 fully saturated rings. The number of fused-ring (bicyclic) bond motifs is 2. The molecular formula is C15H15N3O3S. The van der Waals surface area contributed by atoms with Gasteiger partial charge in [-0.3, -0.25) is 14.7 Å². The van der Waals surface area contributed by atoms with Gasteiger partial charge < -0.3 is 14.5 Å². The molecule has 0 aliphatic carbocycles. The zero-order chi connectivity index (χ0) is 15.1. The van der Waals surface area contributed by atoms with Crippen molar-refractivity contribution in [3.8, 4) is 11.5 Å². The lowest BCUT2D eigenvalue weighted by molar-refractivity contribution is 0.171. The minimum absolute atomic E-state index is 0.0960. The van der Waals surface area contributed by atoms with Gasteiger partial charge in [0, 0.05) is 37.3 Å². The van der Waals surface area contributed by atoms with Crippen LogP contribution in [0.25, 0.3) is 0 Å². The van der Waals surface area contributed by atoms with E-state index in [-0.39, 0.29) is 12.4 Å². The SMILES string of the molecule is O=c1[nH]c(=S)[nH]c2c1CN(Cc1cccc3c1OCO3)CC2. The molecule has 2 N–H and O–H groups in total. The number of ether oxygens (including phenoxy) is 2. The lowest BCUT2D eigenvalue weighted by Crippen LogP contribution is -2.35. The number of rotatable bonds is 2. The first-order valence-corrected chi connectivity index (χ1v) is 7.56. The average molecular weight is 317 g/mol. The Balaban J connectivity index is 1.60. The molecular weight excluding hydrogens is 302 g/mol. The van der Waals surface area contributed by atoms with Gasteiger partial charge in [-0.15, -0.1) is 0 Å². The molecule has 3 heterocycles. The number of para-hydroxylation sites is 1. The molecule has 1 aromatic heterocycles. The van der Waals surface area contributed by atoms with Crippen LogP contribution in [0.3, 0.4) is 0 Å². The van der Waals surface area contributed by atoms with Gasteiger partial charge in [0.15, 0.2) is 16.3 Å². The van der Waals surface area contributed by atoms with Crippen molar-refractivity contribution in [1.82, 2.24) is 14.9 Å². The van der Waals surface area contributed by atoms with Crippen LogP contribution in [0, 0.1) is 4.77 Å². The number of H-pyrrole nitrogens is 2. The van der Waals surface area contributed by atoms with Crippen molar-refractivity contribution in [1.29, 1.82) is 0 Å². The first kappa shape index (κ1) is 13.5. The monoisotopic (exact) mass is 317 g/mol. The van der Waals surface area contributed by atoms with E-state index in [1.54, 1.807) is 0 Å². The van der Waals surface area contributed by atoms with Gasteiger partial charge in [-0.2, -0.15) is 0 Å². The van der Waals surface area contributed by atoms with Crippen LogP contribution in [0.5, 0.6) is 11.5 Å². The molecule has 2 aliphatic heterocycles. The van der Waals surface area contributed by atoms with Gasteiger partial charge in [-0.25, -0.2) is 0 Å². The molecule has 114 valence electrons. The van der Waals surface area contributed by atoms with E-state index in [2.05, 4.69) is 14.9 Å². The van der Waals surface area contributed by atoms with Crippen LogP contribution in [0.2, 0.25) is 0 Å². The molecule has 0 unspecified atom stereocenters. The van der Waals surface area contributed by atoms with Gasteiger partial charge in [-0.1, -0.05) is 12.1 Å². The van der Waals surface area contributed by atoms with E-state index < -0.39 is 0 Å². The van der Waals surface area contributed by atoms with Crippen molar-refractivity contribution in [2.75, 3.05) is 13.3 Å². The Morgan fingerprint density at radius 1 is 1.27 bits per heavy atom. The highest BCUT2D eigenvalue weighted by Gasteiger charge is 2.23. The van der Waals surface area contributed by atoms with Crippen LogP contribution >= 0.6 is 12.2 Å². The highest BCUT2D eigenvalue weighted by atomic mass is 32.1. The summed E-state index contributed by atoms with van der Waals surface area (Å²) in [6, 6.07) is 5.90. The summed E-state index contributed by atoms with van der Waals surface area (Å²) in [5.41, 5.74) is 2.70. The van der Waals surface area contributed by atoms with E-state index in [4.69, 9.17) is 21.7 Å². The fraction of sp³-hybridized carbons (Fsp3) is 0.333. The summed E-state index contributed by atoms with van der Waals surface area (Å²) >= 11 is 5.02. The van der Waals surface area contributed by atoms with Crippen LogP contribution in [0.15, 0.2) is 23.0 Å². The molecule has 0 amide bonds. The van der Waals surface area contributed by atoms with Crippen LogP contribution in [-0.2, 0) is 19.5 Å². The summed E-state index contributed by atoms with van der Waals surface area (Å²) in [6.07, 6.45) is 0.787. The third-order valence-corrected chi connectivity index (χ3v) is 4.27. The number of hydrogen-bond acceptors (Lipinski definition) is 5. The van der Waals surface area contributed by atoms with Crippen LogP contribution in [0.4, 0.5) is 0 Å². The first-order valence-electron chi connectivity index (χ1n) is 7.15. The molecule has 7 heteroatoms. The molecule has 6 nitrogen and oxygen atoms in total. The zero-order valence-electron chi connectivity index (χ0n) is 11.8. The van der Waals surface area contributed by atoms with Crippen molar-refractivity contribution >= 4 is 12.2 Å². The van der Waals surface area contributed by atoms with Gasteiger partial charge in [0.2, 0.25) is 6.79 Å². The summed E-state index contributed by atoms with van der Waals surface area (Å²) in [6.45, 7) is 2.46.